The standard InChI is InChI=1S/C13H19F3N2/c1-2-18(10-13(14,15)16)9-12(17)8-11-6-4-3-5-7-11/h3-7,12H,2,8-10,17H2,1H3. The van der Waals surface area contributed by atoms with Crippen LogP contribution in [0, 0.1) is 0 Å². The van der Waals surface area contributed by atoms with Crippen LogP contribution in [-0.4, -0.2) is 36.8 Å². The number of hydrogen-bond acceptors (Lipinski definition) is 2. The van der Waals surface area contributed by atoms with Crippen molar-refractivity contribution in [1.29, 1.82) is 0 Å². The van der Waals surface area contributed by atoms with Crippen LogP contribution < -0.4 is 5.73 Å². The van der Waals surface area contributed by atoms with Crippen molar-refractivity contribution in [2.24, 2.45) is 5.73 Å². The van der Waals surface area contributed by atoms with Gasteiger partial charge < -0.3 is 5.73 Å². The van der Waals surface area contributed by atoms with Gasteiger partial charge in [0, 0.05) is 12.6 Å². The van der Waals surface area contributed by atoms with Gasteiger partial charge in [-0.15, -0.1) is 0 Å². The second-order valence-electron chi connectivity index (χ2n) is 4.39. The van der Waals surface area contributed by atoms with E-state index in [4.69, 9.17) is 5.73 Å². The summed E-state index contributed by atoms with van der Waals surface area (Å²) in [5.41, 5.74) is 6.94. The zero-order valence-corrected chi connectivity index (χ0v) is 10.5. The van der Waals surface area contributed by atoms with Gasteiger partial charge in [-0.3, -0.25) is 4.90 Å². The Morgan fingerprint density at radius 2 is 1.83 bits per heavy atom. The Kier molecular flexibility index (Phi) is 5.62. The molecule has 0 radical (unpaired) electrons. The molecule has 0 aliphatic rings. The molecule has 0 amide bonds. The lowest BCUT2D eigenvalue weighted by atomic mass is 10.1. The molecule has 1 aromatic rings. The van der Waals surface area contributed by atoms with Crippen LogP contribution in [-0.2, 0) is 6.42 Å². The Labute approximate surface area is 106 Å². The van der Waals surface area contributed by atoms with Crippen molar-refractivity contribution in [2.75, 3.05) is 19.6 Å². The van der Waals surface area contributed by atoms with Gasteiger partial charge in [0.1, 0.15) is 0 Å². The zero-order chi connectivity index (χ0) is 13.6. The maximum Gasteiger partial charge on any atom is 0.401 e. The van der Waals surface area contributed by atoms with E-state index >= 15 is 0 Å². The summed E-state index contributed by atoms with van der Waals surface area (Å²) in [6.07, 6.45) is -3.57. The van der Waals surface area contributed by atoms with Crippen molar-refractivity contribution in [2.45, 2.75) is 25.6 Å². The minimum Gasteiger partial charge on any atom is -0.326 e. The summed E-state index contributed by atoms with van der Waals surface area (Å²) in [5.74, 6) is 0. The SMILES string of the molecule is CCN(CC(N)Cc1ccccc1)CC(F)(F)F. The summed E-state index contributed by atoms with van der Waals surface area (Å²) in [7, 11) is 0. The summed E-state index contributed by atoms with van der Waals surface area (Å²) < 4.78 is 36.9. The summed E-state index contributed by atoms with van der Waals surface area (Å²) >= 11 is 0. The third-order valence-corrected chi connectivity index (χ3v) is 2.68. The van der Waals surface area contributed by atoms with Crippen LogP contribution >= 0.6 is 0 Å². The molecule has 5 heteroatoms. The minimum absolute atomic E-state index is 0.255. The Morgan fingerprint density at radius 3 is 2.33 bits per heavy atom. The molecule has 0 saturated heterocycles. The van der Waals surface area contributed by atoms with Crippen LogP contribution in [0.4, 0.5) is 13.2 Å². The summed E-state index contributed by atoms with van der Waals surface area (Å²) in [5, 5.41) is 0. The molecule has 2 N–H and O–H groups in total. The normalized spacial score (nSPS) is 13.9. The molecule has 1 unspecified atom stereocenters. The molecular weight excluding hydrogens is 241 g/mol. The molecule has 1 rings (SSSR count). The first kappa shape index (κ1) is 15.0. The highest BCUT2D eigenvalue weighted by Gasteiger charge is 2.30. The van der Waals surface area contributed by atoms with E-state index in [0.29, 0.717) is 13.0 Å². The molecule has 0 saturated carbocycles. The van der Waals surface area contributed by atoms with E-state index in [1.54, 1.807) is 6.92 Å². The second kappa shape index (κ2) is 6.75. The third-order valence-electron chi connectivity index (χ3n) is 2.68. The van der Waals surface area contributed by atoms with Crippen molar-refractivity contribution in [3.8, 4) is 0 Å². The number of nitrogens with two attached hydrogens (primary N) is 1. The smallest absolute Gasteiger partial charge is 0.326 e. The molecule has 1 aromatic carbocycles. The highest BCUT2D eigenvalue weighted by Crippen LogP contribution is 2.16. The average molecular weight is 260 g/mol. The monoisotopic (exact) mass is 260 g/mol. The van der Waals surface area contributed by atoms with E-state index in [1.165, 1.54) is 4.90 Å². The van der Waals surface area contributed by atoms with E-state index in [2.05, 4.69) is 0 Å². The van der Waals surface area contributed by atoms with Gasteiger partial charge in [-0.2, -0.15) is 13.2 Å². The first-order chi connectivity index (χ1) is 8.40. The lowest BCUT2D eigenvalue weighted by molar-refractivity contribution is -0.145. The largest absolute Gasteiger partial charge is 0.401 e. The molecular formula is C13H19F3N2. The zero-order valence-electron chi connectivity index (χ0n) is 10.5. The van der Waals surface area contributed by atoms with Gasteiger partial charge in [-0.05, 0) is 18.5 Å². The topological polar surface area (TPSA) is 29.3 Å². The van der Waals surface area contributed by atoms with Crippen LogP contribution in [0.3, 0.4) is 0 Å². The fourth-order valence-corrected chi connectivity index (χ4v) is 1.87. The number of hydrogen-bond donors (Lipinski definition) is 1. The van der Waals surface area contributed by atoms with Crippen LogP contribution in [0.25, 0.3) is 0 Å². The number of likely N-dealkylation sites (N-methyl/N-ethyl adjacent to an activating group) is 1. The molecule has 0 aromatic heterocycles. The molecule has 0 fully saturated rings. The highest BCUT2D eigenvalue weighted by atomic mass is 19.4. The number of rotatable bonds is 6. The van der Waals surface area contributed by atoms with Crippen LogP contribution in [0.1, 0.15) is 12.5 Å². The summed E-state index contributed by atoms with van der Waals surface area (Å²) in [6, 6.07) is 9.27. The molecule has 0 aliphatic carbocycles. The van der Waals surface area contributed by atoms with Crippen LogP contribution in [0.5, 0.6) is 0 Å². The van der Waals surface area contributed by atoms with Crippen molar-refractivity contribution in [3.05, 3.63) is 35.9 Å². The molecule has 1 atom stereocenters. The van der Waals surface area contributed by atoms with Gasteiger partial charge in [0.2, 0.25) is 0 Å². The van der Waals surface area contributed by atoms with Gasteiger partial charge in [-0.1, -0.05) is 37.3 Å². The summed E-state index contributed by atoms with van der Waals surface area (Å²) in [6.45, 7) is 1.42. The quantitative estimate of drug-likeness (QED) is 0.851. The average Bonchev–Trinajstić information content (AvgIpc) is 2.27. The van der Waals surface area contributed by atoms with Crippen molar-refractivity contribution < 1.29 is 13.2 Å². The Bertz CT molecular complexity index is 338. The van der Waals surface area contributed by atoms with E-state index < -0.39 is 12.7 Å². The maximum absolute atomic E-state index is 12.3. The number of halogens is 3. The Hall–Kier alpha value is -1.07. The van der Waals surface area contributed by atoms with E-state index in [0.717, 1.165) is 5.56 Å². The van der Waals surface area contributed by atoms with Gasteiger partial charge >= 0.3 is 6.18 Å². The molecule has 0 spiro atoms. The third kappa shape index (κ3) is 6.02. The molecule has 0 aliphatic heterocycles. The fourth-order valence-electron chi connectivity index (χ4n) is 1.87. The predicted molar refractivity (Wildman–Crippen MR) is 66.3 cm³/mol. The van der Waals surface area contributed by atoms with Gasteiger partial charge in [-0.25, -0.2) is 0 Å². The molecule has 102 valence electrons. The lowest BCUT2D eigenvalue weighted by Crippen LogP contribution is -2.43. The van der Waals surface area contributed by atoms with Crippen molar-refractivity contribution >= 4 is 0 Å². The minimum atomic E-state index is -4.16. The second-order valence-corrected chi connectivity index (χ2v) is 4.39. The molecule has 18 heavy (non-hydrogen) atoms. The first-order valence-electron chi connectivity index (χ1n) is 5.99. The molecule has 2 nitrogen and oxygen atoms in total. The van der Waals surface area contributed by atoms with Gasteiger partial charge in [0.25, 0.3) is 0 Å². The Balaban J connectivity index is 2.45. The Morgan fingerprint density at radius 1 is 1.22 bits per heavy atom. The number of nitrogens with zero attached hydrogens (tertiary/aromatic N) is 1. The van der Waals surface area contributed by atoms with E-state index in [1.807, 2.05) is 30.3 Å². The van der Waals surface area contributed by atoms with Crippen LogP contribution in [0.2, 0.25) is 0 Å². The molecule has 0 heterocycles. The van der Waals surface area contributed by atoms with Crippen LogP contribution in [0.15, 0.2) is 30.3 Å². The lowest BCUT2D eigenvalue weighted by Gasteiger charge is -2.25. The fraction of sp³-hybridized carbons (Fsp3) is 0.538. The van der Waals surface area contributed by atoms with Crippen molar-refractivity contribution in [3.63, 3.8) is 0 Å². The van der Waals surface area contributed by atoms with E-state index in [9.17, 15) is 13.2 Å². The first-order valence-corrected chi connectivity index (χ1v) is 5.99. The summed E-state index contributed by atoms with van der Waals surface area (Å²) in [4.78, 5) is 1.33. The van der Waals surface area contributed by atoms with Crippen molar-refractivity contribution in [1.82, 2.24) is 4.90 Å². The maximum atomic E-state index is 12.3. The number of alkyl halides is 3. The van der Waals surface area contributed by atoms with E-state index in [-0.39, 0.29) is 12.6 Å². The molecule has 0 bridgehead atoms. The van der Waals surface area contributed by atoms with Gasteiger partial charge in [0.05, 0.1) is 6.54 Å². The van der Waals surface area contributed by atoms with Gasteiger partial charge in [0.15, 0.2) is 0 Å². The highest BCUT2D eigenvalue weighted by molar-refractivity contribution is 5.15. The predicted octanol–water partition coefficient (Wildman–Crippen LogP) is 2.44. The number of benzene rings is 1.